The van der Waals surface area contributed by atoms with Gasteiger partial charge in [-0.2, -0.15) is 0 Å². The summed E-state index contributed by atoms with van der Waals surface area (Å²) in [6.45, 7) is 5.03. The summed E-state index contributed by atoms with van der Waals surface area (Å²) in [6.07, 6.45) is 1.15. The second-order valence-electron chi connectivity index (χ2n) is 7.81. The van der Waals surface area contributed by atoms with Crippen molar-refractivity contribution in [2.24, 2.45) is 0 Å². The van der Waals surface area contributed by atoms with Gasteiger partial charge >= 0.3 is 0 Å². The molecule has 0 unspecified atom stereocenters. The average molecular weight is 417 g/mol. The molecule has 0 aromatic heterocycles. The van der Waals surface area contributed by atoms with Gasteiger partial charge < -0.3 is 14.5 Å². The fourth-order valence-corrected chi connectivity index (χ4v) is 4.11. The molecule has 0 bridgehead atoms. The van der Waals surface area contributed by atoms with Crippen molar-refractivity contribution >= 4 is 22.6 Å². The van der Waals surface area contributed by atoms with E-state index in [4.69, 9.17) is 4.74 Å². The number of fused-ring (bicyclic) bond motifs is 1. The van der Waals surface area contributed by atoms with Gasteiger partial charge in [-0.1, -0.05) is 48.5 Å². The summed E-state index contributed by atoms with van der Waals surface area (Å²) in [7, 11) is 0. The van der Waals surface area contributed by atoms with Crippen molar-refractivity contribution in [2.75, 3.05) is 32.8 Å². The molecule has 1 aliphatic rings. The van der Waals surface area contributed by atoms with E-state index in [1.807, 2.05) is 83.5 Å². The van der Waals surface area contributed by atoms with Crippen molar-refractivity contribution in [3.8, 4) is 5.75 Å². The fourth-order valence-electron chi connectivity index (χ4n) is 4.11. The maximum atomic E-state index is 13.2. The molecule has 0 radical (unpaired) electrons. The van der Waals surface area contributed by atoms with Crippen molar-refractivity contribution in [2.45, 2.75) is 19.8 Å². The first-order chi connectivity index (χ1) is 15.2. The summed E-state index contributed by atoms with van der Waals surface area (Å²) >= 11 is 0. The standard InChI is InChI=1S/C26H28N2O3/c1-2-31-22-13-11-20(12-14-22)19-25(29)27-15-6-16-28(18-17-27)26(30)24-10-5-8-21-7-3-4-9-23(21)24/h3-5,7-14H,2,6,15-19H2,1H3. The number of benzene rings is 3. The van der Waals surface area contributed by atoms with Gasteiger partial charge in [0.15, 0.2) is 0 Å². The van der Waals surface area contributed by atoms with E-state index >= 15 is 0 Å². The van der Waals surface area contributed by atoms with Gasteiger partial charge in [-0.05, 0) is 47.9 Å². The van der Waals surface area contributed by atoms with Gasteiger partial charge in [0.25, 0.3) is 5.91 Å². The summed E-state index contributed by atoms with van der Waals surface area (Å²) in [5.41, 5.74) is 1.70. The molecule has 0 saturated carbocycles. The molecule has 0 atom stereocenters. The Morgan fingerprint density at radius 2 is 1.55 bits per heavy atom. The Morgan fingerprint density at radius 1 is 0.839 bits per heavy atom. The molecule has 3 aromatic rings. The van der Waals surface area contributed by atoms with Crippen molar-refractivity contribution in [1.29, 1.82) is 0 Å². The number of ether oxygens (including phenoxy) is 1. The van der Waals surface area contributed by atoms with Crippen LogP contribution in [0, 0.1) is 0 Å². The van der Waals surface area contributed by atoms with Gasteiger partial charge in [0.2, 0.25) is 5.91 Å². The molecule has 160 valence electrons. The van der Waals surface area contributed by atoms with Crippen LogP contribution in [0.1, 0.15) is 29.3 Å². The summed E-state index contributed by atoms with van der Waals surface area (Å²) in [5.74, 6) is 0.956. The topological polar surface area (TPSA) is 49.9 Å². The van der Waals surface area contributed by atoms with Crippen LogP contribution >= 0.6 is 0 Å². The van der Waals surface area contributed by atoms with Crippen LogP contribution in [0.2, 0.25) is 0 Å². The van der Waals surface area contributed by atoms with E-state index in [1.54, 1.807) is 0 Å². The summed E-state index contributed by atoms with van der Waals surface area (Å²) < 4.78 is 5.46. The zero-order valence-corrected chi connectivity index (χ0v) is 17.9. The van der Waals surface area contributed by atoms with E-state index in [9.17, 15) is 9.59 Å². The van der Waals surface area contributed by atoms with Gasteiger partial charge in [0.05, 0.1) is 13.0 Å². The van der Waals surface area contributed by atoms with Crippen LogP contribution in [0.3, 0.4) is 0 Å². The number of hydrogen-bond acceptors (Lipinski definition) is 3. The third kappa shape index (κ3) is 4.88. The zero-order chi connectivity index (χ0) is 21.6. The molecule has 5 nitrogen and oxygen atoms in total. The maximum Gasteiger partial charge on any atom is 0.254 e. The van der Waals surface area contributed by atoms with Crippen LogP contribution in [0.25, 0.3) is 10.8 Å². The minimum Gasteiger partial charge on any atom is -0.494 e. The Labute approximate surface area is 183 Å². The highest BCUT2D eigenvalue weighted by molar-refractivity contribution is 6.07. The van der Waals surface area contributed by atoms with Gasteiger partial charge in [0.1, 0.15) is 5.75 Å². The van der Waals surface area contributed by atoms with Crippen LogP contribution in [-0.4, -0.2) is 54.4 Å². The molecule has 4 rings (SSSR count). The molecular weight excluding hydrogens is 388 g/mol. The minimum absolute atomic E-state index is 0.0395. The molecule has 1 saturated heterocycles. The molecule has 1 aliphatic heterocycles. The Balaban J connectivity index is 1.39. The van der Waals surface area contributed by atoms with E-state index in [1.165, 1.54) is 0 Å². The second kappa shape index (κ2) is 9.65. The molecule has 0 N–H and O–H groups in total. The van der Waals surface area contributed by atoms with Crippen molar-refractivity contribution < 1.29 is 14.3 Å². The van der Waals surface area contributed by atoms with Crippen LogP contribution in [0.5, 0.6) is 5.75 Å². The average Bonchev–Trinajstić information content (AvgIpc) is 3.06. The van der Waals surface area contributed by atoms with Gasteiger partial charge in [-0.15, -0.1) is 0 Å². The van der Waals surface area contributed by atoms with Crippen molar-refractivity contribution in [3.63, 3.8) is 0 Å². The predicted molar refractivity (Wildman–Crippen MR) is 122 cm³/mol. The number of nitrogens with zero attached hydrogens (tertiary/aromatic N) is 2. The van der Waals surface area contributed by atoms with Gasteiger partial charge in [-0.25, -0.2) is 0 Å². The highest BCUT2D eigenvalue weighted by Gasteiger charge is 2.23. The Bertz CT molecular complexity index is 1060. The molecule has 2 amide bonds. The molecule has 5 heteroatoms. The quantitative estimate of drug-likeness (QED) is 0.628. The van der Waals surface area contributed by atoms with Crippen molar-refractivity contribution in [1.82, 2.24) is 9.80 Å². The Morgan fingerprint density at radius 3 is 2.35 bits per heavy atom. The van der Waals surface area contributed by atoms with Gasteiger partial charge in [-0.3, -0.25) is 9.59 Å². The lowest BCUT2D eigenvalue weighted by atomic mass is 10.0. The predicted octanol–water partition coefficient (Wildman–Crippen LogP) is 4.16. The Hall–Kier alpha value is -3.34. The van der Waals surface area contributed by atoms with Crippen LogP contribution < -0.4 is 4.74 Å². The molecule has 0 aliphatic carbocycles. The number of amides is 2. The van der Waals surface area contributed by atoms with E-state index in [-0.39, 0.29) is 11.8 Å². The number of carbonyl (C=O) groups excluding carboxylic acids is 2. The molecule has 1 fully saturated rings. The highest BCUT2D eigenvalue weighted by atomic mass is 16.5. The fraction of sp³-hybridized carbons (Fsp3) is 0.308. The number of carbonyl (C=O) groups is 2. The normalized spacial score (nSPS) is 14.4. The zero-order valence-electron chi connectivity index (χ0n) is 17.9. The first-order valence-corrected chi connectivity index (χ1v) is 10.9. The maximum absolute atomic E-state index is 13.2. The smallest absolute Gasteiger partial charge is 0.254 e. The number of rotatable bonds is 5. The van der Waals surface area contributed by atoms with E-state index in [2.05, 4.69) is 0 Å². The Kier molecular flexibility index (Phi) is 6.51. The van der Waals surface area contributed by atoms with Gasteiger partial charge in [0, 0.05) is 31.7 Å². The summed E-state index contributed by atoms with van der Waals surface area (Å²) in [4.78, 5) is 29.8. The van der Waals surface area contributed by atoms with E-state index in [0.717, 1.165) is 34.1 Å². The van der Waals surface area contributed by atoms with E-state index < -0.39 is 0 Å². The highest BCUT2D eigenvalue weighted by Crippen LogP contribution is 2.21. The van der Waals surface area contributed by atoms with Crippen LogP contribution in [0.15, 0.2) is 66.7 Å². The lowest BCUT2D eigenvalue weighted by Gasteiger charge is -2.23. The lowest BCUT2D eigenvalue weighted by molar-refractivity contribution is -0.130. The van der Waals surface area contributed by atoms with Crippen LogP contribution in [-0.2, 0) is 11.2 Å². The number of hydrogen-bond donors (Lipinski definition) is 0. The summed E-state index contributed by atoms with van der Waals surface area (Å²) in [6, 6.07) is 21.5. The molecule has 1 heterocycles. The largest absolute Gasteiger partial charge is 0.494 e. The third-order valence-electron chi connectivity index (χ3n) is 5.75. The first-order valence-electron chi connectivity index (χ1n) is 10.9. The van der Waals surface area contributed by atoms with E-state index in [0.29, 0.717) is 39.2 Å². The molecular formula is C26H28N2O3. The SMILES string of the molecule is CCOc1ccc(CC(=O)N2CCCN(C(=O)c3cccc4ccccc34)CC2)cc1. The molecule has 31 heavy (non-hydrogen) atoms. The first kappa shape index (κ1) is 20.9. The molecule has 0 spiro atoms. The van der Waals surface area contributed by atoms with Crippen LogP contribution in [0.4, 0.5) is 0 Å². The lowest BCUT2D eigenvalue weighted by Crippen LogP contribution is -2.38. The minimum atomic E-state index is 0.0395. The monoisotopic (exact) mass is 416 g/mol. The van der Waals surface area contributed by atoms with Crippen molar-refractivity contribution in [3.05, 3.63) is 77.9 Å². The third-order valence-corrected chi connectivity index (χ3v) is 5.75. The summed E-state index contributed by atoms with van der Waals surface area (Å²) in [5, 5.41) is 2.04. The second-order valence-corrected chi connectivity index (χ2v) is 7.81. The molecule has 3 aromatic carbocycles.